The van der Waals surface area contributed by atoms with Crippen LogP contribution < -0.4 is 10.3 Å². The lowest BCUT2D eigenvalue weighted by Gasteiger charge is -2.28. The quantitative estimate of drug-likeness (QED) is 0.258. The molecule has 26 heavy (non-hydrogen) atoms. The second-order valence-corrected chi connectivity index (χ2v) is 7.43. The molecule has 152 valence electrons. The highest BCUT2D eigenvalue weighted by atomic mass is 31.2. The van der Waals surface area contributed by atoms with Crippen molar-refractivity contribution in [1.29, 1.82) is 0 Å². The molecule has 1 aromatic rings. The summed E-state index contributed by atoms with van der Waals surface area (Å²) in [5, 5.41) is 47.8. The van der Waals surface area contributed by atoms with Gasteiger partial charge in [-0.15, -0.1) is 0 Å². The molecule has 0 fully saturated rings. The fraction of sp³-hybridized carbons (Fsp3) is 0.786. The number of likely N-dealkylation sites (N-methyl/N-ethyl adjacent to an activating group) is 1. The number of aliphatic hydroxyl groups excluding tert-OH is 5. The predicted molar refractivity (Wildman–Crippen MR) is 91.4 cm³/mol. The maximum atomic E-state index is 12.9. The monoisotopic (exact) mass is 398 g/mol. The molecule has 0 radical (unpaired) electrons. The van der Waals surface area contributed by atoms with Crippen molar-refractivity contribution in [3.63, 3.8) is 0 Å². The third kappa shape index (κ3) is 5.48. The smallest absolute Gasteiger partial charge is 0.385 e. The summed E-state index contributed by atoms with van der Waals surface area (Å²) in [4.78, 5) is 5.19. The zero-order valence-electron chi connectivity index (χ0n) is 14.9. The summed E-state index contributed by atoms with van der Waals surface area (Å²) in [7, 11) is -2.27. The molecule has 1 aromatic heterocycles. The highest BCUT2D eigenvalue weighted by molar-refractivity contribution is 7.62. The van der Waals surface area contributed by atoms with Crippen molar-refractivity contribution in [2.24, 2.45) is 0 Å². The van der Waals surface area contributed by atoms with E-state index in [9.17, 15) is 25.0 Å². The molecule has 0 aliphatic carbocycles. The summed E-state index contributed by atoms with van der Waals surface area (Å²) in [5.41, 5.74) is -0.0821. The van der Waals surface area contributed by atoms with E-state index in [4.69, 9.17) is 18.6 Å². The SMILES string of the molecule is CCOP(=O)(OCC)c1ncoc1N(C)C[C@H](O)[C@H](O)[C@@H](O)[C@H](O)CO. The summed E-state index contributed by atoms with van der Waals surface area (Å²) in [5.74, 6) is -0.00122. The van der Waals surface area contributed by atoms with Crippen molar-refractivity contribution in [3.05, 3.63) is 6.39 Å². The van der Waals surface area contributed by atoms with Crippen molar-refractivity contribution >= 4 is 18.9 Å². The van der Waals surface area contributed by atoms with Crippen LogP contribution in [-0.4, -0.2) is 88.3 Å². The summed E-state index contributed by atoms with van der Waals surface area (Å²) >= 11 is 0. The lowest BCUT2D eigenvalue weighted by molar-refractivity contribution is -0.112. The molecular weight excluding hydrogens is 371 g/mol. The molecule has 0 bridgehead atoms. The van der Waals surface area contributed by atoms with Crippen LogP contribution in [0.2, 0.25) is 0 Å². The Hall–Kier alpha value is -1.04. The topological polar surface area (TPSA) is 166 Å². The number of oxazole rings is 1. The van der Waals surface area contributed by atoms with Crippen molar-refractivity contribution in [2.75, 3.05) is 38.3 Å². The minimum Gasteiger partial charge on any atom is -0.427 e. The number of rotatable bonds is 12. The lowest BCUT2D eigenvalue weighted by atomic mass is 10.0. The molecule has 0 unspecified atom stereocenters. The first kappa shape index (κ1) is 23.0. The van der Waals surface area contributed by atoms with Crippen LogP contribution in [-0.2, 0) is 13.6 Å². The standard InChI is InChI=1S/C14H27N2O9P/c1-4-24-26(22,25-5-2)13-14(23-8-15-13)16(3)6-9(18)11(20)12(21)10(19)7-17/h8-12,17-21H,4-7H2,1-3H3/t9-,10+,11-,12-/m0/s1. The maximum absolute atomic E-state index is 12.9. The number of aliphatic hydroxyl groups is 5. The highest BCUT2D eigenvalue weighted by Crippen LogP contribution is 2.48. The Morgan fingerprint density at radius 3 is 2.19 bits per heavy atom. The summed E-state index contributed by atoms with van der Waals surface area (Å²) in [6.07, 6.45) is -5.58. The van der Waals surface area contributed by atoms with Gasteiger partial charge in [0.25, 0.3) is 0 Å². The molecule has 5 N–H and O–H groups in total. The number of hydrogen-bond donors (Lipinski definition) is 5. The molecule has 0 amide bonds. The van der Waals surface area contributed by atoms with Gasteiger partial charge >= 0.3 is 7.60 Å². The molecule has 0 spiro atoms. The van der Waals surface area contributed by atoms with Crippen LogP contribution >= 0.6 is 7.60 Å². The average Bonchev–Trinajstić information content (AvgIpc) is 3.10. The normalized spacial score (nSPS) is 16.9. The summed E-state index contributed by atoms with van der Waals surface area (Å²) in [6, 6.07) is 0. The van der Waals surface area contributed by atoms with Gasteiger partial charge in [0.2, 0.25) is 11.3 Å². The molecule has 12 heteroatoms. The van der Waals surface area contributed by atoms with E-state index >= 15 is 0 Å². The summed E-state index contributed by atoms with van der Waals surface area (Å²) in [6.45, 7) is 2.46. The fourth-order valence-electron chi connectivity index (χ4n) is 2.22. The Kier molecular flexibility index (Phi) is 9.14. The van der Waals surface area contributed by atoms with Gasteiger partial charge in [-0.25, -0.2) is 4.98 Å². The molecule has 11 nitrogen and oxygen atoms in total. The zero-order chi connectivity index (χ0) is 19.9. The van der Waals surface area contributed by atoms with Crippen LogP contribution in [0, 0.1) is 0 Å². The van der Waals surface area contributed by atoms with Crippen LogP contribution in [0.25, 0.3) is 0 Å². The van der Waals surface area contributed by atoms with Gasteiger partial charge in [-0.05, 0) is 13.8 Å². The first-order valence-corrected chi connectivity index (χ1v) is 9.63. The van der Waals surface area contributed by atoms with Crippen molar-refractivity contribution < 1.29 is 43.6 Å². The number of anilines is 1. The molecule has 0 aliphatic heterocycles. The molecule has 0 saturated carbocycles. The van der Waals surface area contributed by atoms with Gasteiger partial charge in [0.1, 0.15) is 24.4 Å². The molecule has 0 aliphatic rings. The number of nitrogens with zero attached hydrogens (tertiary/aromatic N) is 2. The van der Waals surface area contributed by atoms with Gasteiger partial charge in [0.15, 0.2) is 6.39 Å². The molecular formula is C14H27N2O9P. The third-order valence-electron chi connectivity index (χ3n) is 3.52. The number of aromatic nitrogens is 1. The van der Waals surface area contributed by atoms with Crippen molar-refractivity contribution in [1.82, 2.24) is 4.98 Å². The van der Waals surface area contributed by atoms with Crippen LogP contribution in [0.3, 0.4) is 0 Å². The molecule has 1 rings (SSSR count). The van der Waals surface area contributed by atoms with Gasteiger partial charge in [0, 0.05) is 13.6 Å². The second-order valence-electron chi connectivity index (χ2n) is 5.49. The highest BCUT2D eigenvalue weighted by Gasteiger charge is 2.37. The van der Waals surface area contributed by atoms with Gasteiger partial charge < -0.3 is 43.9 Å². The Morgan fingerprint density at radius 1 is 1.15 bits per heavy atom. The molecule has 1 heterocycles. The fourth-order valence-corrected chi connectivity index (χ4v) is 3.86. The van der Waals surface area contributed by atoms with E-state index in [-0.39, 0.29) is 31.1 Å². The van der Waals surface area contributed by atoms with Gasteiger partial charge in [-0.1, -0.05) is 0 Å². The van der Waals surface area contributed by atoms with E-state index in [2.05, 4.69) is 4.98 Å². The van der Waals surface area contributed by atoms with Crippen LogP contribution in [0.4, 0.5) is 5.88 Å². The first-order valence-electron chi connectivity index (χ1n) is 8.09. The van der Waals surface area contributed by atoms with Crippen LogP contribution in [0.15, 0.2) is 10.8 Å². The minimum atomic E-state index is -3.74. The van der Waals surface area contributed by atoms with Crippen LogP contribution in [0.5, 0.6) is 0 Å². The van der Waals surface area contributed by atoms with Crippen molar-refractivity contribution in [2.45, 2.75) is 38.3 Å². The molecule has 4 atom stereocenters. The zero-order valence-corrected chi connectivity index (χ0v) is 15.8. The Morgan fingerprint density at radius 2 is 1.69 bits per heavy atom. The molecule has 0 aromatic carbocycles. The summed E-state index contributed by atoms with van der Waals surface area (Å²) < 4.78 is 28.5. The van der Waals surface area contributed by atoms with E-state index in [0.717, 1.165) is 6.39 Å². The Bertz CT molecular complexity index is 575. The number of hydrogen-bond acceptors (Lipinski definition) is 11. The van der Waals surface area contributed by atoms with Gasteiger partial charge in [-0.3, -0.25) is 4.57 Å². The Labute approximate surface area is 151 Å². The second kappa shape index (κ2) is 10.3. The predicted octanol–water partition coefficient (Wildman–Crippen LogP) is -1.56. The van der Waals surface area contributed by atoms with Crippen molar-refractivity contribution in [3.8, 4) is 0 Å². The minimum absolute atomic E-state index is 0.00122. The average molecular weight is 398 g/mol. The largest absolute Gasteiger partial charge is 0.427 e. The van der Waals surface area contributed by atoms with E-state index in [1.54, 1.807) is 13.8 Å². The van der Waals surface area contributed by atoms with E-state index in [1.807, 2.05) is 0 Å². The van der Waals surface area contributed by atoms with Crippen LogP contribution in [0.1, 0.15) is 13.8 Å². The first-order chi connectivity index (χ1) is 12.2. The van der Waals surface area contributed by atoms with E-state index in [0.29, 0.717) is 0 Å². The maximum Gasteiger partial charge on any atom is 0.385 e. The third-order valence-corrected chi connectivity index (χ3v) is 5.54. The van der Waals surface area contributed by atoms with Gasteiger partial charge in [-0.2, -0.15) is 0 Å². The van der Waals surface area contributed by atoms with E-state index < -0.39 is 38.6 Å². The molecule has 0 saturated heterocycles. The Balaban J connectivity index is 2.94. The lowest BCUT2D eigenvalue weighted by Crippen LogP contribution is -2.49. The van der Waals surface area contributed by atoms with Gasteiger partial charge in [0.05, 0.1) is 19.8 Å². The van der Waals surface area contributed by atoms with E-state index in [1.165, 1.54) is 11.9 Å².